The zero-order valence-corrected chi connectivity index (χ0v) is 21.2. The van der Waals surface area contributed by atoms with Crippen LogP contribution in [-0.4, -0.2) is 114 Å². The number of aliphatic hydroxyl groups excluding tert-OH is 1. The number of ether oxygens (including phenoxy) is 2. The fourth-order valence-electron chi connectivity index (χ4n) is 1.92. The molecular formula is C22H37N2O12+. The minimum atomic E-state index is -1.19. The van der Waals surface area contributed by atoms with Gasteiger partial charge in [-0.3, -0.25) is 14.0 Å². The monoisotopic (exact) mass is 521 g/mol. The second kappa shape index (κ2) is 25.7. The molecule has 0 aliphatic rings. The van der Waals surface area contributed by atoms with Crippen LogP contribution in [-0.2, 0) is 42.7 Å². The lowest BCUT2D eigenvalue weighted by atomic mass is 10.4. The highest BCUT2D eigenvalue weighted by Crippen LogP contribution is 1.91. The van der Waals surface area contributed by atoms with Gasteiger partial charge in [0.25, 0.3) is 5.91 Å². The van der Waals surface area contributed by atoms with E-state index in [9.17, 15) is 28.8 Å². The van der Waals surface area contributed by atoms with Crippen LogP contribution in [0.3, 0.4) is 0 Å². The van der Waals surface area contributed by atoms with Crippen molar-refractivity contribution < 1.29 is 58.4 Å². The van der Waals surface area contributed by atoms with Gasteiger partial charge in [0.1, 0.15) is 12.7 Å². The van der Waals surface area contributed by atoms with Crippen molar-refractivity contribution in [1.29, 1.82) is 0 Å². The Morgan fingerprint density at radius 1 is 0.806 bits per heavy atom. The van der Waals surface area contributed by atoms with Gasteiger partial charge in [0.05, 0.1) is 11.9 Å². The maximum Gasteiger partial charge on any atom is 0.605 e. The summed E-state index contributed by atoms with van der Waals surface area (Å²) in [5.74, 6) is -3.85. The third kappa shape index (κ3) is 23.3. The number of hydrogen-bond donors (Lipinski definition) is 2. The number of rotatable bonds is 11. The van der Waals surface area contributed by atoms with E-state index in [0.717, 1.165) is 18.2 Å². The van der Waals surface area contributed by atoms with Crippen LogP contribution in [0.1, 0.15) is 27.7 Å². The quantitative estimate of drug-likeness (QED) is 0.186. The lowest BCUT2D eigenvalue weighted by Crippen LogP contribution is -2.34. The Morgan fingerprint density at radius 3 is 1.58 bits per heavy atom. The number of hydrogen-bond acceptors (Lipinski definition) is 9. The number of amides is 2. The zero-order valence-electron chi connectivity index (χ0n) is 21.2. The molecule has 0 aromatic heterocycles. The number of nitrogens with zero attached hydrogens (tertiary/aromatic N) is 2. The van der Waals surface area contributed by atoms with Gasteiger partial charge in [-0.1, -0.05) is 0 Å². The molecule has 0 fully saturated rings. The van der Waals surface area contributed by atoms with Crippen molar-refractivity contribution in [3.8, 4) is 0 Å². The molecule has 0 aliphatic heterocycles. The minimum Gasteiger partial charge on any atom is -0.478 e. The first-order chi connectivity index (χ1) is 16.5. The average molecular weight is 522 g/mol. The van der Waals surface area contributed by atoms with Gasteiger partial charge < -0.3 is 35.0 Å². The Kier molecular flexibility index (Phi) is 28.1. The average Bonchev–Trinajstić information content (AvgIpc) is 2.86. The van der Waals surface area contributed by atoms with E-state index in [2.05, 4.69) is 20.7 Å². The summed E-state index contributed by atoms with van der Waals surface area (Å²) in [7, 11) is 1.20. The van der Waals surface area contributed by atoms with Crippen molar-refractivity contribution in [2.24, 2.45) is 0 Å². The van der Waals surface area contributed by atoms with E-state index in [-0.39, 0.29) is 30.5 Å². The molecular weight excluding hydrogens is 484 g/mol. The summed E-state index contributed by atoms with van der Waals surface area (Å²) in [6.45, 7) is 12.0. The van der Waals surface area contributed by atoms with Crippen LogP contribution in [0, 0.1) is 0 Å². The van der Waals surface area contributed by atoms with Crippen molar-refractivity contribution in [3.05, 3.63) is 24.3 Å². The number of methoxy groups -OCH3 is 1. The van der Waals surface area contributed by atoms with Crippen molar-refractivity contribution >= 4 is 42.5 Å². The topological polar surface area (TPSA) is 211 Å². The summed E-state index contributed by atoms with van der Waals surface area (Å²) in [5, 5.41) is 16.3. The molecule has 0 heterocycles. The molecule has 0 radical (unpaired) electrons. The van der Waals surface area contributed by atoms with Crippen molar-refractivity contribution in [3.63, 3.8) is 0 Å². The number of carbonyl (C=O) groups is 6. The van der Waals surface area contributed by atoms with Gasteiger partial charge in [-0.05, 0) is 27.7 Å². The molecule has 14 nitrogen and oxygen atoms in total. The molecule has 0 bridgehead atoms. The summed E-state index contributed by atoms with van der Waals surface area (Å²) < 4.78 is 12.8. The molecule has 0 aliphatic carbocycles. The molecule has 0 aromatic rings. The van der Waals surface area contributed by atoms with E-state index in [4.69, 9.17) is 10.2 Å². The Bertz CT molecular complexity index is 754. The molecule has 0 rings (SSSR count). The Labute approximate surface area is 209 Å². The first-order valence-corrected chi connectivity index (χ1v) is 10.4. The highest BCUT2D eigenvalue weighted by Gasteiger charge is 2.11. The summed E-state index contributed by atoms with van der Waals surface area (Å²) in [4.78, 5) is 66.7. The van der Waals surface area contributed by atoms with Gasteiger partial charge in [-0.2, -0.15) is 0 Å². The Hall–Kier alpha value is -3.91. The molecule has 0 atom stereocenters. The molecule has 36 heavy (non-hydrogen) atoms. The van der Waals surface area contributed by atoms with Crippen LogP contribution in [0.2, 0.25) is 0 Å². The molecule has 0 saturated heterocycles. The zero-order chi connectivity index (χ0) is 27.8. The predicted octanol–water partition coefficient (Wildman–Crippen LogP) is -1.33. The summed E-state index contributed by atoms with van der Waals surface area (Å²) >= 11 is 0. The number of carboxylic acid groups (broad SMARTS) is 1. The first kappa shape index (κ1) is 39.3. The van der Waals surface area contributed by atoms with E-state index >= 15 is 0 Å². The number of aliphatic hydroxyl groups is 1. The van der Waals surface area contributed by atoms with Crippen molar-refractivity contribution in [2.75, 3.05) is 46.5 Å². The summed E-state index contributed by atoms with van der Waals surface area (Å²) in [6, 6.07) is 0. The van der Waals surface area contributed by atoms with Gasteiger partial charge >= 0.3 is 23.9 Å². The summed E-state index contributed by atoms with van der Waals surface area (Å²) in [5.41, 5.74) is 0. The van der Waals surface area contributed by atoms with Gasteiger partial charge in [0.2, 0.25) is 5.91 Å². The van der Waals surface area contributed by atoms with Gasteiger partial charge in [-0.15, -0.1) is 0 Å². The second-order valence-corrected chi connectivity index (χ2v) is 5.89. The Morgan fingerprint density at radius 2 is 1.25 bits per heavy atom. The van der Waals surface area contributed by atoms with Crippen LogP contribution in [0.15, 0.2) is 24.3 Å². The van der Waals surface area contributed by atoms with Crippen LogP contribution < -0.4 is 0 Å². The maximum atomic E-state index is 11.4. The van der Waals surface area contributed by atoms with E-state index in [1.54, 1.807) is 4.90 Å². The fraction of sp³-hybridized carbons (Fsp3) is 0.500. The number of esters is 2. The third-order valence-corrected chi connectivity index (χ3v) is 3.77. The van der Waals surface area contributed by atoms with Crippen LogP contribution >= 0.6 is 0 Å². The van der Waals surface area contributed by atoms with Crippen molar-refractivity contribution in [1.82, 2.24) is 9.80 Å². The van der Waals surface area contributed by atoms with E-state index in [0.29, 0.717) is 32.3 Å². The molecule has 2 amide bonds. The highest BCUT2D eigenvalue weighted by atomic mass is 16.5. The van der Waals surface area contributed by atoms with Crippen LogP contribution in [0.5, 0.6) is 0 Å². The van der Waals surface area contributed by atoms with Gasteiger partial charge in [0.15, 0.2) is 13.4 Å². The van der Waals surface area contributed by atoms with Crippen LogP contribution in [0.25, 0.3) is 0 Å². The predicted molar refractivity (Wildman–Crippen MR) is 128 cm³/mol. The highest BCUT2D eigenvalue weighted by molar-refractivity contribution is 5.92. The molecule has 14 heteroatoms. The lowest BCUT2D eigenvalue weighted by molar-refractivity contribution is -0.361. The fourth-order valence-corrected chi connectivity index (χ4v) is 1.92. The third-order valence-electron chi connectivity index (χ3n) is 3.77. The van der Waals surface area contributed by atoms with Gasteiger partial charge in [0, 0.05) is 44.4 Å². The largest absolute Gasteiger partial charge is 0.605 e. The number of carboxylic acids is 1. The first-order valence-electron chi connectivity index (χ1n) is 10.4. The molecule has 0 unspecified atom stereocenters. The molecule has 206 valence electrons. The number of likely N-dealkylation sites (N-methyl/N-ethyl adjacent to an activating group) is 2. The van der Waals surface area contributed by atoms with Gasteiger partial charge in [-0.25, -0.2) is 14.4 Å². The van der Waals surface area contributed by atoms with E-state index < -0.39 is 23.9 Å². The lowest BCUT2D eigenvalue weighted by Gasteiger charge is -2.17. The Balaban J connectivity index is -0.000000230. The normalized spacial score (nSPS) is 9.39. The standard InChI is InChI=1S/C11H17NO5.C6H13NO2.C5H4O4.H2O/c1-4-12(5-2)9(13)8-17-11(15)7-6-10(14)16-3;1-3-7(4-2)6(9)5-8;1-9-5(8)3-2-4(6)7;/h6-7H,4-5,8H2,1-3H3;8H,3-5H2,1-2H3;2-3H,1H2;1H2/p+1/b7-6+;;3-2+;. The SMILES string of the molecule is C=[O+]C(=O)/C=C/C(=O)O.CCN(CC)C(=O)CO.CCN(CC)C(=O)COC(=O)/C=C/C(=O)OC.O. The van der Waals surface area contributed by atoms with E-state index in [1.807, 2.05) is 27.7 Å². The molecule has 4 N–H and O–H groups in total. The number of carbonyl (C=O) groups excluding carboxylic acids is 6. The smallest absolute Gasteiger partial charge is 0.478 e. The van der Waals surface area contributed by atoms with Crippen molar-refractivity contribution in [2.45, 2.75) is 27.7 Å². The summed E-state index contributed by atoms with van der Waals surface area (Å²) in [6.07, 6.45) is 3.30. The number of aliphatic carboxylic acids is 1. The second-order valence-electron chi connectivity index (χ2n) is 5.89. The minimum absolute atomic E-state index is 0. The van der Waals surface area contributed by atoms with E-state index in [1.165, 1.54) is 12.0 Å². The molecule has 0 spiro atoms. The maximum absolute atomic E-state index is 11.4. The van der Waals surface area contributed by atoms with Crippen LogP contribution in [0.4, 0.5) is 0 Å². The molecule has 0 saturated carbocycles. The molecule has 0 aromatic carbocycles.